The number of fused-ring (bicyclic) bond motifs is 2. The number of halogens is 1. The Bertz CT molecular complexity index is 1300. The van der Waals surface area contributed by atoms with Crippen molar-refractivity contribution in [2.24, 2.45) is 0 Å². The molecular formula is C24H19ClO6S. The van der Waals surface area contributed by atoms with Gasteiger partial charge in [0, 0.05) is 17.5 Å². The van der Waals surface area contributed by atoms with E-state index in [2.05, 4.69) is 0 Å². The highest BCUT2D eigenvalue weighted by Gasteiger charge is 2.53. The van der Waals surface area contributed by atoms with Crippen LogP contribution in [0.5, 0.6) is 17.2 Å². The largest absolute Gasteiger partial charge is 0.508 e. The third-order valence-electron chi connectivity index (χ3n) is 5.73. The first-order chi connectivity index (χ1) is 15.3. The van der Waals surface area contributed by atoms with Crippen molar-refractivity contribution in [2.45, 2.75) is 23.9 Å². The van der Waals surface area contributed by atoms with E-state index in [0.29, 0.717) is 5.02 Å². The van der Waals surface area contributed by atoms with Gasteiger partial charge in [-0.05, 0) is 58.7 Å². The summed E-state index contributed by atoms with van der Waals surface area (Å²) in [4.78, 5) is 0. The van der Waals surface area contributed by atoms with E-state index in [0.717, 1.165) is 22.3 Å². The summed E-state index contributed by atoms with van der Waals surface area (Å²) in [5, 5.41) is 18.9. The van der Waals surface area contributed by atoms with Crippen molar-refractivity contribution in [1.82, 2.24) is 0 Å². The van der Waals surface area contributed by atoms with Crippen LogP contribution in [0.25, 0.3) is 11.1 Å². The summed E-state index contributed by atoms with van der Waals surface area (Å²) >= 11 is 5.97. The molecule has 2 aliphatic rings. The minimum absolute atomic E-state index is 0.109. The van der Waals surface area contributed by atoms with Gasteiger partial charge >= 0.3 is 10.1 Å². The fraction of sp³-hybridized carbons (Fsp3) is 0.167. The van der Waals surface area contributed by atoms with Crippen LogP contribution in [-0.4, -0.2) is 36.1 Å². The van der Waals surface area contributed by atoms with E-state index in [1.165, 1.54) is 12.1 Å². The molecule has 3 aromatic carbocycles. The van der Waals surface area contributed by atoms with Crippen LogP contribution < -0.4 is 4.18 Å². The lowest BCUT2D eigenvalue weighted by molar-refractivity contribution is 0.128. The number of rotatable bonds is 5. The van der Waals surface area contributed by atoms with Gasteiger partial charge in [0.2, 0.25) is 0 Å². The van der Waals surface area contributed by atoms with Crippen molar-refractivity contribution in [3.8, 4) is 17.2 Å². The third-order valence-corrected chi connectivity index (χ3v) is 7.57. The number of phenolic OH excluding ortho intramolecular Hbond substituents is 2. The molecule has 0 spiro atoms. The number of hydrogen-bond donors (Lipinski definition) is 2. The SMILES string of the molecule is O=S(=O)(Oc1cccc(Cl)c1)[C@@H]1C[C@@H]2O[C@H]1C(c1ccc(O)cc1)=C2c1ccc(O)cc1. The second-order valence-electron chi connectivity index (χ2n) is 7.77. The highest BCUT2D eigenvalue weighted by Crippen LogP contribution is 2.51. The Labute approximate surface area is 190 Å². The van der Waals surface area contributed by atoms with Gasteiger partial charge in [0.15, 0.2) is 0 Å². The highest BCUT2D eigenvalue weighted by molar-refractivity contribution is 7.87. The van der Waals surface area contributed by atoms with Gasteiger partial charge in [-0.15, -0.1) is 0 Å². The molecule has 5 rings (SSSR count). The monoisotopic (exact) mass is 470 g/mol. The van der Waals surface area contributed by atoms with Crippen LogP contribution in [0.1, 0.15) is 17.5 Å². The first-order valence-corrected chi connectivity index (χ1v) is 11.8. The van der Waals surface area contributed by atoms with Crippen molar-refractivity contribution in [3.63, 3.8) is 0 Å². The lowest BCUT2D eigenvalue weighted by Gasteiger charge is -2.24. The molecule has 0 aliphatic carbocycles. The molecule has 2 N–H and O–H groups in total. The van der Waals surface area contributed by atoms with Crippen LogP contribution in [0, 0.1) is 0 Å². The summed E-state index contributed by atoms with van der Waals surface area (Å²) in [5.74, 6) is 0.396. The number of aromatic hydroxyl groups is 2. The Morgan fingerprint density at radius 1 is 0.875 bits per heavy atom. The zero-order valence-electron chi connectivity index (χ0n) is 16.7. The summed E-state index contributed by atoms with van der Waals surface area (Å²) in [5.41, 5.74) is 3.19. The topological polar surface area (TPSA) is 93.1 Å². The Morgan fingerprint density at radius 2 is 1.47 bits per heavy atom. The van der Waals surface area contributed by atoms with E-state index in [1.807, 2.05) is 0 Å². The molecule has 3 aromatic rings. The van der Waals surface area contributed by atoms with Crippen LogP contribution in [0.3, 0.4) is 0 Å². The quantitative estimate of drug-likeness (QED) is 0.529. The van der Waals surface area contributed by atoms with E-state index in [9.17, 15) is 18.6 Å². The molecule has 3 atom stereocenters. The minimum Gasteiger partial charge on any atom is -0.508 e. The van der Waals surface area contributed by atoms with Crippen LogP contribution in [0.2, 0.25) is 5.02 Å². The Morgan fingerprint density at radius 3 is 2.06 bits per heavy atom. The Hall–Kier alpha value is -3.00. The zero-order chi connectivity index (χ0) is 22.5. The van der Waals surface area contributed by atoms with E-state index in [4.69, 9.17) is 20.5 Å². The summed E-state index contributed by atoms with van der Waals surface area (Å²) in [6, 6.07) is 19.5. The van der Waals surface area contributed by atoms with Crippen LogP contribution in [0.4, 0.5) is 0 Å². The molecule has 0 saturated carbocycles. The molecule has 2 aliphatic heterocycles. The van der Waals surface area contributed by atoms with Gasteiger partial charge in [-0.3, -0.25) is 0 Å². The molecule has 8 heteroatoms. The van der Waals surface area contributed by atoms with E-state index >= 15 is 0 Å². The molecule has 0 amide bonds. The fourth-order valence-electron chi connectivity index (χ4n) is 4.35. The van der Waals surface area contributed by atoms with Gasteiger partial charge in [0.1, 0.15) is 28.6 Å². The Balaban J connectivity index is 1.56. The van der Waals surface area contributed by atoms with E-state index in [1.54, 1.807) is 60.7 Å². The molecule has 0 aromatic heterocycles. The van der Waals surface area contributed by atoms with E-state index < -0.39 is 27.6 Å². The third kappa shape index (κ3) is 3.72. The molecule has 1 fully saturated rings. The molecule has 2 heterocycles. The van der Waals surface area contributed by atoms with Gasteiger partial charge in [0.05, 0.1) is 6.10 Å². The molecule has 6 nitrogen and oxygen atoms in total. The average Bonchev–Trinajstić information content (AvgIpc) is 3.34. The summed E-state index contributed by atoms with van der Waals surface area (Å²) in [6.07, 6.45) is -0.945. The van der Waals surface area contributed by atoms with Crippen LogP contribution in [-0.2, 0) is 14.9 Å². The highest BCUT2D eigenvalue weighted by atomic mass is 35.5. The first-order valence-electron chi connectivity index (χ1n) is 9.99. The lowest BCUT2D eigenvalue weighted by atomic mass is 9.83. The maximum Gasteiger partial charge on any atom is 0.315 e. The summed E-state index contributed by atoms with van der Waals surface area (Å²) in [6.45, 7) is 0. The van der Waals surface area contributed by atoms with Crippen molar-refractivity contribution in [1.29, 1.82) is 0 Å². The number of ether oxygens (including phenoxy) is 1. The average molecular weight is 471 g/mol. The second-order valence-corrected chi connectivity index (χ2v) is 9.97. The van der Waals surface area contributed by atoms with Crippen molar-refractivity contribution in [3.05, 3.63) is 88.9 Å². The zero-order valence-corrected chi connectivity index (χ0v) is 18.3. The van der Waals surface area contributed by atoms with Gasteiger partial charge in [0.25, 0.3) is 0 Å². The van der Waals surface area contributed by atoms with Crippen molar-refractivity contribution < 1.29 is 27.6 Å². The lowest BCUT2D eigenvalue weighted by Crippen LogP contribution is -2.35. The first kappa shape index (κ1) is 20.9. The fourth-order valence-corrected chi connectivity index (χ4v) is 5.94. The van der Waals surface area contributed by atoms with Crippen molar-refractivity contribution >= 4 is 32.9 Å². The molecule has 0 unspecified atom stereocenters. The van der Waals surface area contributed by atoms with Gasteiger partial charge in [-0.1, -0.05) is 41.9 Å². The molecular weight excluding hydrogens is 452 g/mol. The predicted octanol–water partition coefficient (Wildman–Crippen LogP) is 4.61. The molecule has 32 heavy (non-hydrogen) atoms. The molecule has 1 saturated heterocycles. The summed E-state index contributed by atoms with van der Waals surface area (Å²) in [7, 11) is -4.03. The smallest absolute Gasteiger partial charge is 0.315 e. The Kier molecular flexibility index (Phi) is 5.12. The maximum absolute atomic E-state index is 13.2. The van der Waals surface area contributed by atoms with Crippen LogP contribution in [0.15, 0.2) is 72.8 Å². The van der Waals surface area contributed by atoms with Gasteiger partial charge < -0.3 is 19.1 Å². The second kappa shape index (κ2) is 7.85. The maximum atomic E-state index is 13.2. The standard InChI is InChI=1S/C24H19ClO6S/c25-16-2-1-3-19(12-16)31-32(28,29)21-13-20-22(14-4-8-17(26)9-5-14)23(24(21)30-20)15-6-10-18(27)11-7-15/h1-12,20-21,24,26-27H,13H2/t20-,21+,24+/m0/s1. The van der Waals surface area contributed by atoms with E-state index in [-0.39, 0.29) is 23.7 Å². The van der Waals surface area contributed by atoms with Gasteiger partial charge in [-0.2, -0.15) is 8.42 Å². The minimum atomic E-state index is -4.03. The number of benzene rings is 3. The molecule has 164 valence electrons. The molecule has 2 bridgehead atoms. The predicted molar refractivity (Wildman–Crippen MR) is 121 cm³/mol. The molecule has 0 radical (unpaired) electrons. The summed E-state index contributed by atoms with van der Waals surface area (Å²) < 4.78 is 37.9. The van der Waals surface area contributed by atoms with Crippen LogP contribution >= 0.6 is 11.6 Å². The number of phenols is 2. The van der Waals surface area contributed by atoms with Crippen molar-refractivity contribution in [2.75, 3.05) is 0 Å². The van der Waals surface area contributed by atoms with Gasteiger partial charge in [-0.25, -0.2) is 0 Å². The normalized spacial score (nSPS) is 22.3. The number of hydrogen-bond acceptors (Lipinski definition) is 6.